The number of unbranched alkanes of at least 4 members (excludes halogenated alkanes) is 5. The average molecular weight is 171 g/mol. The van der Waals surface area contributed by atoms with Gasteiger partial charge in [-0.2, -0.15) is 0 Å². The molecule has 0 aromatic carbocycles. The molecule has 0 amide bonds. The number of rotatable bonds is 8. The van der Waals surface area contributed by atoms with Gasteiger partial charge in [-0.3, -0.25) is 0 Å². The molecular weight excluding hydrogens is 148 g/mol. The summed E-state index contributed by atoms with van der Waals surface area (Å²) >= 11 is 0. The Labute approximate surface area is 77.2 Å². The monoisotopic (exact) mass is 171 g/mol. The second-order valence-electron chi connectivity index (χ2n) is 3.59. The molecule has 0 aliphatic heterocycles. The van der Waals surface area contributed by atoms with Gasteiger partial charge < -0.3 is 0 Å². The van der Waals surface area contributed by atoms with Crippen molar-refractivity contribution in [3.63, 3.8) is 0 Å². The van der Waals surface area contributed by atoms with Gasteiger partial charge in [0.25, 0.3) is 0 Å². The van der Waals surface area contributed by atoms with E-state index in [1.807, 2.05) is 6.92 Å². The first kappa shape index (κ1) is 12.0. The molecule has 0 fully saturated rings. The van der Waals surface area contributed by atoms with Crippen LogP contribution in [0, 0.1) is 0 Å². The lowest BCUT2D eigenvalue weighted by Gasteiger charge is -2.04. The summed E-state index contributed by atoms with van der Waals surface area (Å²) in [4.78, 5) is 0. The predicted molar refractivity (Wildman–Crippen MR) is 52.8 cm³/mol. The average Bonchev–Trinajstić information content (AvgIpc) is 2.10. The van der Waals surface area contributed by atoms with Crippen LogP contribution in [0.25, 0.3) is 0 Å². The summed E-state index contributed by atoms with van der Waals surface area (Å²) in [6.45, 7) is 4.21. The molecule has 0 N–H and O–H groups in total. The molecular formula is C11H23O. The Kier molecular flexibility index (Phi) is 9.02. The quantitative estimate of drug-likeness (QED) is 0.493. The molecule has 12 heavy (non-hydrogen) atoms. The van der Waals surface area contributed by atoms with E-state index in [0.717, 1.165) is 19.3 Å². The first-order valence-electron chi connectivity index (χ1n) is 5.47. The third kappa shape index (κ3) is 8.06. The lowest BCUT2D eigenvalue weighted by Crippen LogP contribution is -2.01. The van der Waals surface area contributed by atoms with E-state index >= 15 is 0 Å². The van der Waals surface area contributed by atoms with Crippen molar-refractivity contribution in [3.8, 4) is 0 Å². The molecule has 1 nitrogen and oxygen atoms in total. The topological polar surface area (TPSA) is 19.9 Å². The third-order valence-corrected chi connectivity index (χ3v) is 2.33. The summed E-state index contributed by atoms with van der Waals surface area (Å²) in [5.41, 5.74) is 0. The fourth-order valence-corrected chi connectivity index (χ4v) is 1.36. The molecule has 0 aliphatic carbocycles. The van der Waals surface area contributed by atoms with Gasteiger partial charge in [0.05, 0.1) is 6.10 Å². The van der Waals surface area contributed by atoms with E-state index < -0.39 is 0 Å². The first-order chi connectivity index (χ1) is 5.81. The number of hydrogen-bond acceptors (Lipinski definition) is 0. The van der Waals surface area contributed by atoms with Crippen molar-refractivity contribution in [3.05, 3.63) is 0 Å². The number of hydrogen-bond donors (Lipinski definition) is 0. The van der Waals surface area contributed by atoms with Crippen LogP contribution in [0.1, 0.15) is 65.2 Å². The summed E-state index contributed by atoms with van der Waals surface area (Å²) in [6.07, 6.45) is 9.14. The van der Waals surface area contributed by atoms with Crippen LogP contribution in [-0.4, -0.2) is 6.10 Å². The van der Waals surface area contributed by atoms with Gasteiger partial charge >= 0.3 is 0 Å². The summed E-state index contributed by atoms with van der Waals surface area (Å²) < 4.78 is 0. The van der Waals surface area contributed by atoms with Crippen LogP contribution in [0.15, 0.2) is 0 Å². The molecule has 0 aromatic heterocycles. The Hall–Kier alpha value is -0.0400. The van der Waals surface area contributed by atoms with Gasteiger partial charge in [0.2, 0.25) is 0 Å². The van der Waals surface area contributed by atoms with E-state index in [1.54, 1.807) is 0 Å². The van der Waals surface area contributed by atoms with E-state index in [0.29, 0.717) is 0 Å². The predicted octanol–water partition coefficient (Wildman–Crippen LogP) is 3.95. The van der Waals surface area contributed by atoms with Crippen LogP contribution in [0.5, 0.6) is 0 Å². The van der Waals surface area contributed by atoms with Crippen LogP contribution >= 0.6 is 0 Å². The molecule has 0 aromatic rings. The molecule has 0 saturated carbocycles. The van der Waals surface area contributed by atoms with Crippen LogP contribution in [0.4, 0.5) is 0 Å². The Bertz CT molecular complexity index is 81.1. The van der Waals surface area contributed by atoms with Crippen molar-refractivity contribution in [1.29, 1.82) is 0 Å². The third-order valence-electron chi connectivity index (χ3n) is 2.33. The van der Waals surface area contributed by atoms with Crippen LogP contribution in [0.3, 0.4) is 0 Å². The maximum absolute atomic E-state index is 11.0. The molecule has 0 spiro atoms. The minimum Gasteiger partial charge on any atom is -0.233 e. The maximum Gasteiger partial charge on any atom is 0.0927 e. The van der Waals surface area contributed by atoms with Gasteiger partial charge in [0, 0.05) is 0 Å². The van der Waals surface area contributed by atoms with E-state index in [4.69, 9.17) is 0 Å². The summed E-state index contributed by atoms with van der Waals surface area (Å²) in [7, 11) is 0. The molecule has 0 heterocycles. The molecule has 1 atom stereocenters. The highest BCUT2D eigenvalue weighted by Crippen LogP contribution is 2.09. The van der Waals surface area contributed by atoms with Gasteiger partial charge in [-0.05, 0) is 12.8 Å². The molecule has 0 aliphatic rings. The molecule has 1 unspecified atom stereocenters. The van der Waals surface area contributed by atoms with Crippen molar-refractivity contribution in [1.82, 2.24) is 0 Å². The fraction of sp³-hybridized carbons (Fsp3) is 1.00. The van der Waals surface area contributed by atoms with Crippen molar-refractivity contribution in [2.45, 2.75) is 71.3 Å². The van der Waals surface area contributed by atoms with Crippen LogP contribution < -0.4 is 0 Å². The van der Waals surface area contributed by atoms with E-state index in [9.17, 15) is 5.11 Å². The highest BCUT2D eigenvalue weighted by Gasteiger charge is 2.00. The minimum absolute atomic E-state index is 0.295. The van der Waals surface area contributed by atoms with Crippen LogP contribution in [0.2, 0.25) is 0 Å². The fourth-order valence-electron chi connectivity index (χ4n) is 1.36. The van der Waals surface area contributed by atoms with Gasteiger partial charge in [-0.15, -0.1) is 0 Å². The summed E-state index contributed by atoms with van der Waals surface area (Å²) in [6, 6.07) is 0. The Morgan fingerprint density at radius 3 is 2.08 bits per heavy atom. The molecule has 0 bridgehead atoms. The van der Waals surface area contributed by atoms with E-state index in [1.165, 1.54) is 32.1 Å². The van der Waals surface area contributed by atoms with Crippen molar-refractivity contribution in [2.24, 2.45) is 0 Å². The van der Waals surface area contributed by atoms with Crippen molar-refractivity contribution in [2.75, 3.05) is 0 Å². The second kappa shape index (κ2) is 9.05. The van der Waals surface area contributed by atoms with Gasteiger partial charge in [-0.25, -0.2) is 5.11 Å². The van der Waals surface area contributed by atoms with Crippen molar-refractivity contribution < 1.29 is 5.11 Å². The van der Waals surface area contributed by atoms with Gasteiger partial charge in [0.15, 0.2) is 0 Å². The zero-order chi connectivity index (χ0) is 9.23. The van der Waals surface area contributed by atoms with Gasteiger partial charge in [-0.1, -0.05) is 52.4 Å². The molecule has 1 radical (unpaired) electrons. The minimum atomic E-state index is -0.295. The largest absolute Gasteiger partial charge is 0.233 e. The van der Waals surface area contributed by atoms with Gasteiger partial charge in [0.1, 0.15) is 0 Å². The smallest absolute Gasteiger partial charge is 0.0927 e. The standard InChI is InChI=1S/C11H23O/c1-3-5-6-7-8-9-10-11(12)4-2/h11H,3-10H2,1-2H3. The SMILES string of the molecule is CCCCCCCCC([O])CC. The normalized spacial score (nSPS) is 13.2. The highest BCUT2D eigenvalue weighted by molar-refractivity contribution is 4.52. The Morgan fingerprint density at radius 2 is 1.50 bits per heavy atom. The highest BCUT2D eigenvalue weighted by atomic mass is 16.3. The summed E-state index contributed by atoms with van der Waals surface area (Å²) in [5.74, 6) is 0. The zero-order valence-corrected chi connectivity index (χ0v) is 8.64. The van der Waals surface area contributed by atoms with E-state index in [2.05, 4.69) is 6.92 Å². The molecule has 73 valence electrons. The molecule has 0 saturated heterocycles. The Balaban J connectivity index is 2.90. The van der Waals surface area contributed by atoms with E-state index in [-0.39, 0.29) is 6.10 Å². The van der Waals surface area contributed by atoms with Crippen molar-refractivity contribution >= 4 is 0 Å². The van der Waals surface area contributed by atoms with Crippen LogP contribution in [-0.2, 0) is 5.11 Å². The lowest BCUT2D eigenvalue weighted by atomic mass is 10.1. The second-order valence-corrected chi connectivity index (χ2v) is 3.59. The summed E-state index contributed by atoms with van der Waals surface area (Å²) in [5, 5.41) is 11.0. The Morgan fingerprint density at radius 1 is 0.917 bits per heavy atom. The molecule has 1 heteroatoms. The first-order valence-corrected chi connectivity index (χ1v) is 5.47. The maximum atomic E-state index is 11.0. The molecule has 0 rings (SSSR count). The zero-order valence-electron chi connectivity index (χ0n) is 8.64. The lowest BCUT2D eigenvalue weighted by molar-refractivity contribution is 0.0755.